The fraction of sp³-hybridized carbons (Fsp3) is 0.357. The van der Waals surface area contributed by atoms with Gasteiger partial charge < -0.3 is 4.74 Å². The molecule has 2 heterocycles. The van der Waals surface area contributed by atoms with Gasteiger partial charge in [0.1, 0.15) is 5.15 Å². The van der Waals surface area contributed by atoms with E-state index in [9.17, 15) is 0 Å². The number of aryl methyl sites for hydroxylation is 2. The van der Waals surface area contributed by atoms with Gasteiger partial charge >= 0.3 is 0 Å². The first-order valence-electron chi connectivity index (χ1n) is 6.08. The Morgan fingerprint density at radius 3 is 2.89 bits per heavy atom. The highest BCUT2D eigenvalue weighted by Crippen LogP contribution is 2.28. The molecular formula is C14H15ClN2O. The summed E-state index contributed by atoms with van der Waals surface area (Å²) in [5.41, 5.74) is 5.56. The topological polar surface area (TPSA) is 27.1 Å². The minimum atomic E-state index is 0.569. The van der Waals surface area contributed by atoms with Gasteiger partial charge in [0, 0.05) is 12.0 Å². The van der Waals surface area contributed by atoms with Crippen molar-refractivity contribution in [2.24, 2.45) is 0 Å². The number of rotatable bonds is 1. The molecule has 4 heteroatoms. The molecule has 0 N–H and O–H groups in total. The quantitative estimate of drug-likeness (QED) is 0.789. The number of fused-ring (bicyclic) bond motifs is 1. The van der Waals surface area contributed by atoms with E-state index in [4.69, 9.17) is 16.3 Å². The van der Waals surface area contributed by atoms with Gasteiger partial charge in [0.2, 0.25) is 0 Å². The predicted molar refractivity (Wildman–Crippen MR) is 71.4 cm³/mol. The lowest BCUT2D eigenvalue weighted by Crippen LogP contribution is -2.08. The van der Waals surface area contributed by atoms with E-state index in [0.717, 1.165) is 30.0 Å². The molecule has 0 radical (unpaired) electrons. The van der Waals surface area contributed by atoms with E-state index in [1.54, 1.807) is 0 Å². The fourth-order valence-electron chi connectivity index (χ4n) is 2.36. The number of aromatic nitrogens is 2. The van der Waals surface area contributed by atoms with E-state index < -0.39 is 0 Å². The molecule has 2 aromatic rings. The fourth-order valence-corrected chi connectivity index (χ4v) is 2.65. The van der Waals surface area contributed by atoms with E-state index >= 15 is 0 Å². The monoisotopic (exact) mass is 262 g/mol. The summed E-state index contributed by atoms with van der Waals surface area (Å²) in [6.45, 7) is 5.46. The molecule has 0 amide bonds. The predicted octanol–water partition coefficient (Wildman–Crippen LogP) is 3.22. The van der Waals surface area contributed by atoms with Crippen LogP contribution in [0.1, 0.15) is 22.4 Å². The molecule has 1 aromatic heterocycles. The van der Waals surface area contributed by atoms with Gasteiger partial charge in [0.25, 0.3) is 0 Å². The van der Waals surface area contributed by atoms with Crippen LogP contribution in [0.3, 0.4) is 0 Å². The Hall–Kier alpha value is -1.32. The first-order chi connectivity index (χ1) is 8.66. The number of nitrogens with zero attached hydrogens (tertiary/aromatic N) is 2. The summed E-state index contributed by atoms with van der Waals surface area (Å²) in [6.07, 6.45) is 0.840. The molecule has 1 aliphatic rings. The van der Waals surface area contributed by atoms with Crippen molar-refractivity contribution in [3.8, 4) is 5.69 Å². The summed E-state index contributed by atoms with van der Waals surface area (Å²) in [5.74, 6) is 0. The minimum absolute atomic E-state index is 0.569. The lowest BCUT2D eigenvalue weighted by atomic mass is 10.1. The molecule has 0 aliphatic carbocycles. The van der Waals surface area contributed by atoms with Crippen LogP contribution in [0.25, 0.3) is 5.69 Å². The highest BCUT2D eigenvalue weighted by atomic mass is 35.5. The van der Waals surface area contributed by atoms with Crippen LogP contribution in [0.15, 0.2) is 18.2 Å². The average molecular weight is 263 g/mol. The lowest BCUT2D eigenvalue weighted by Gasteiger charge is -2.10. The molecule has 3 nitrogen and oxygen atoms in total. The van der Waals surface area contributed by atoms with Gasteiger partial charge in [-0.1, -0.05) is 29.3 Å². The SMILES string of the molecule is Cc1ccc(-n2nc3c(c2Cl)COCC3)c(C)c1. The van der Waals surface area contributed by atoms with Gasteiger partial charge in [0.05, 0.1) is 24.6 Å². The third-order valence-corrected chi connectivity index (χ3v) is 3.70. The Morgan fingerprint density at radius 1 is 1.33 bits per heavy atom. The molecule has 0 unspecified atom stereocenters. The molecule has 0 spiro atoms. The lowest BCUT2D eigenvalue weighted by molar-refractivity contribution is 0.110. The van der Waals surface area contributed by atoms with Gasteiger partial charge in [-0.3, -0.25) is 0 Å². The van der Waals surface area contributed by atoms with Crippen LogP contribution in [0.5, 0.6) is 0 Å². The van der Waals surface area contributed by atoms with Crippen molar-refractivity contribution in [1.29, 1.82) is 0 Å². The normalized spacial score (nSPS) is 14.6. The maximum absolute atomic E-state index is 6.41. The van der Waals surface area contributed by atoms with E-state index in [1.807, 2.05) is 4.68 Å². The summed E-state index contributed by atoms with van der Waals surface area (Å²) in [5, 5.41) is 5.29. The first-order valence-corrected chi connectivity index (χ1v) is 6.46. The summed E-state index contributed by atoms with van der Waals surface area (Å²) >= 11 is 6.41. The molecule has 1 aliphatic heterocycles. The van der Waals surface area contributed by atoms with Crippen LogP contribution in [0.2, 0.25) is 5.15 Å². The molecular weight excluding hydrogens is 248 g/mol. The zero-order valence-electron chi connectivity index (χ0n) is 10.5. The van der Waals surface area contributed by atoms with E-state index in [-0.39, 0.29) is 0 Å². The van der Waals surface area contributed by atoms with E-state index in [0.29, 0.717) is 11.8 Å². The maximum atomic E-state index is 6.41. The third kappa shape index (κ3) is 1.84. The Bertz CT molecular complexity index is 604. The molecule has 0 bridgehead atoms. The van der Waals surface area contributed by atoms with Crippen LogP contribution in [0.4, 0.5) is 0 Å². The standard InChI is InChI=1S/C14H15ClN2O/c1-9-3-4-13(10(2)7-9)17-14(15)11-8-18-6-5-12(11)16-17/h3-4,7H,5-6,8H2,1-2H3. The Kier molecular flexibility index (Phi) is 2.88. The van der Waals surface area contributed by atoms with Crippen molar-refractivity contribution in [2.45, 2.75) is 26.9 Å². The Balaban J connectivity index is 2.14. The van der Waals surface area contributed by atoms with Gasteiger partial charge in [-0.2, -0.15) is 5.10 Å². The van der Waals surface area contributed by atoms with Crippen LogP contribution in [-0.2, 0) is 17.8 Å². The zero-order valence-corrected chi connectivity index (χ0v) is 11.3. The van der Waals surface area contributed by atoms with E-state index in [2.05, 4.69) is 37.1 Å². The Morgan fingerprint density at radius 2 is 2.17 bits per heavy atom. The second-order valence-corrected chi connectivity index (χ2v) is 5.08. The zero-order chi connectivity index (χ0) is 12.7. The van der Waals surface area contributed by atoms with Crippen LogP contribution >= 0.6 is 11.6 Å². The molecule has 0 fully saturated rings. The molecule has 3 rings (SSSR count). The molecule has 18 heavy (non-hydrogen) atoms. The second kappa shape index (κ2) is 4.41. The van der Waals surface area contributed by atoms with Gasteiger partial charge in [-0.25, -0.2) is 4.68 Å². The summed E-state index contributed by atoms with van der Waals surface area (Å²) in [4.78, 5) is 0. The third-order valence-electron chi connectivity index (χ3n) is 3.31. The van der Waals surface area contributed by atoms with Crippen molar-refractivity contribution in [2.75, 3.05) is 6.61 Å². The van der Waals surface area contributed by atoms with Crippen molar-refractivity contribution in [3.63, 3.8) is 0 Å². The average Bonchev–Trinajstić information content (AvgIpc) is 2.68. The summed E-state index contributed by atoms with van der Waals surface area (Å²) < 4.78 is 7.27. The van der Waals surface area contributed by atoms with E-state index in [1.165, 1.54) is 11.1 Å². The molecule has 0 saturated carbocycles. The Labute approximate surface area is 111 Å². The molecule has 94 valence electrons. The number of hydrogen-bond donors (Lipinski definition) is 0. The van der Waals surface area contributed by atoms with Crippen LogP contribution in [-0.4, -0.2) is 16.4 Å². The summed E-state index contributed by atoms with van der Waals surface area (Å²) in [7, 11) is 0. The van der Waals surface area contributed by atoms with Crippen LogP contribution < -0.4 is 0 Å². The molecule has 0 atom stereocenters. The minimum Gasteiger partial charge on any atom is -0.376 e. The highest BCUT2D eigenvalue weighted by molar-refractivity contribution is 6.30. The van der Waals surface area contributed by atoms with Crippen molar-refractivity contribution in [1.82, 2.24) is 9.78 Å². The second-order valence-electron chi connectivity index (χ2n) is 4.72. The first kappa shape index (κ1) is 11.8. The smallest absolute Gasteiger partial charge is 0.138 e. The maximum Gasteiger partial charge on any atom is 0.138 e. The summed E-state index contributed by atoms with van der Waals surface area (Å²) in [6, 6.07) is 6.29. The molecule has 0 saturated heterocycles. The number of ether oxygens (including phenoxy) is 1. The van der Waals surface area contributed by atoms with Crippen molar-refractivity contribution >= 4 is 11.6 Å². The van der Waals surface area contributed by atoms with Gasteiger partial charge in [-0.05, 0) is 25.5 Å². The molecule has 1 aromatic carbocycles. The number of hydrogen-bond acceptors (Lipinski definition) is 2. The largest absolute Gasteiger partial charge is 0.376 e. The number of benzene rings is 1. The van der Waals surface area contributed by atoms with Gasteiger partial charge in [0.15, 0.2) is 0 Å². The number of halogens is 1. The van der Waals surface area contributed by atoms with Crippen molar-refractivity contribution < 1.29 is 4.74 Å². The van der Waals surface area contributed by atoms with Crippen LogP contribution in [0, 0.1) is 13.8 Å². The highest BCUT2D eigenvalue weighted by Gasteiger charge is 2.21. The van der Waals surface area contributed by atoms with Crippen molar-refractivity contribution in [3.05, 3.63) is 45.7 Å². The van der Waals surface area contributed by atoms with Gasteiger partial charge in [-0.15, -0.1) is 0 Å².